The van der Waals surface area contributed by atoms with Gasteiger partial charge in [0, 0.05) is 30.9 Å². The largest absolute Gasteiger partial charge is 0.492 e. The molecule has 1 aliphatic heterocycles. The van der Waals surface area contributed by atoms with Crippen LogP contribution in [0.4, 0.5) is 11.4 Å². The third-order valence-electron chi connectivity index (χ3n) is 4.87. The summed E-state index contributed by atoms with van der Waals surface area (Å²) in [5, 5.41) is 2.89. The van der Waals surface area contributed by atoms with Gasteiger partial charge in [0.25, 0.3) is 0 Å². The number of hydrogen-bond acceptors (Lipinski definition) is 4. The Morgan fingerprint density at radius 1 is 1.21 bits per heavy atom. The lowest BCUT2D eigenvalue weighted by molar-refractivity contribution is -0.122. The summed E-state index contributed by atoms with van der Waals surface area (Å²) in [4.78, 5) is 26.8. The summed E-state index contributed by atoms with van der Waals surface area (Å²) in [6.45, 7) is 5.31. The summed E-state index contributed by atoms with van der Waals surface area (Å²) in [5.74, 6) is 0.169. The van der Waals surface area contributed by atoms with Crippen molar-refractivity contribution in [1.82, 2.24) is 0 Å². The molecule has 1 heterocycles. The molecule has 0 aliphatic carbocycles. The Labute approximate surface area is 171 Å². The highest BCUT2D eigenvalue weighted by atomic mass is 35.5. The average Bonchev–Trinajstić information content (AvgIpc) is 3.05. The lowest BCUT2D eigenvalue weighted by atomic mass is 10.1. The standard InChI is InChI=1S/C21H25N3O3.ClH/c1-14-4-3-5-19(15(14)2)24-13-16(12-20(24)25)21(26)23-17-6-8-18(9-7-17)27-11-10-22;/h3-9,16H,10-13,22H2,1-2H3,(H,23,26);1H. The van der Waals surface area contributed by atoms with Gasteiger partial charge in [-0.05, 0) is 55.3 Å². The van der Waals surface area contributed by atoms with Crippen molar-refractivity contribution in [3.8, 4) is 5.75 Å². The van der Waals surface area contributed by atoms with Crippen LogP contribution in [0.1, 0.15) is 17.5 Å². The van der Waals surface area contributed by atoms with Crippen molar-refractivity contribution in [2.45, 2.75) is 20.3 Å². The van der Waals surface area contributed by atoms with Crippen molar-refractivity contribution in [2.24, 2.45) is 11.7 Å². The van der Waals surface area contributed by atoms with Crippen LogP contribution in [0.5, 0.6) is 5.75 Å². The summed E-state index contributed by atoms with van der Waals surface area (Å²) < 4.78 is 5.42. The Hall–Kier alpha value is -2.57. The van der Waals surface area contributed by atoms with Crippen LogP contribution in [0.2, 0.25) is 0 Å². The van der Waals surface area contributed by atoms with Gasteiger partial charge in [-0.1, -0.05) is 12.1 Å². The average molecular weight is 404 g/mol. The van der Waals surface area contributed by atoms with Gasteiger partial charge < -0.3 is 20.7 Å². The maximum atomic E-state index is 12.6. The maximum absolute atomic E-state index is 12.6. The molecule has 7 heteroatoms. The van der Waals surface area contributed by atoms with Crippen molar-refractivity contribution in [3.63, 3.8) is 0 Å². The SMILES string of the molecule is Cc1cccc(N2CC(C(=O)Nc3ccc(OCCN)cc3)CC2=O)c1C.Cl. The van der Waals surface area contributed by atoms with E-state index in [0.717, 1.165) is 16.8 Å². The highest BCUT2D eigenvalue weighted by Crippen LogP contribution is 2.30. The van der Waals surface area contributed by atoms with Crippen molar-refractivity contribution in [1.29, 1.82) is 0 Å². The number of carbonyl (C=O) groups is 2. The van der Waals surface area contributed by atoms with E-state index in [1.165, 1.54) is 0 Å². The van der Waals surface area contributed by atoms with E-state index in [4.69, 9.17) is 10.5 Å². The molecule has 28 heavy (non-hydrogen) atoms. The molecule has 3 rings (SSSR count). The van der Waals surface area contributed by atoms with E-state index in [0.29, 0.717) is 31.1 Å². The second-order valence-corrected chi connectivity index (χ2v) is 6.78. The lowest BCUT2D eigenvalue weighted by Gasteiger charge is -2.20. The van der Waals surface area contributed by atoms with E-state index in [9.17, 15) is 9.59 Å². The van der Waals surface area contributed by atoms with Crippen molar-refractivity contribution in [3.05, 3.63) is 53.6 Å². The van der Waals surface area contributed by atoms with Crippen LogP contribution in [-0.2, 0) is 9.59 Å². The lowest BCUT2D eigenvalue weighted by Crippen LogP contribution is -2.28. The normalized spacial score (nSPS) is 15.9. The molecular weight excluding hydrogens is 378 g/mol. The van der Waals surface area contributed by atoms with Crippen LogP contribution in [0.15, 0.2) is 42.5 Å². The van der Waals surface area contributed by atoms with E-state index < -0.39 is 0 Å². The number of nitrogens with one attached hydrogen (secondary N) is 1. The van der Waals surface area contributed by atoms with Gasteiger partial charge in [0.15, 0.2) is 0 Å². The molecule has 2 amide bonds. The molecule has 0 radical (unpaired) electrons. The highest BCUT2D eigenvalue weighted by molar-refractivity contribution is 6.03. The van der Waals surface area contributed by atoms with E-state index in [2.05, 4.69) is 5.32 Å². The third kappa shape index (κ3) is 4.82. The number of amides is 2. The van der Waals surface area contributed by atoms with Gasteiger partial charge in [0.05, 0.1) is 5.92 Å². The zero-order valence-corrected chi connectivity index (χ0v) is 16.9. The van der Waals surface area contributed by atoms with E-state index in [1.807, 2.05) is 32.0 Å². The monoisotopic (exact) mass is 403 g/mol. The molecule has 1 saturated heterocycles. The quantitative estimate of drug-likeness (QED) is 0.776. The number of carbonyl (C=O) groups excluding carboxylic acids is 2. The molecule has 150 valence electrons. The predicted molar refractivity (Wildman–Crippen MR) is 113 cm³/mol. The summed E-state index contributed by atoms with van der Waals surface area (Å²) >= 11 is 0. The van der Waals surface area contributed by atoms with Gasteiger partial charge in [-0.15, -0.1) is 12.4 Å². The molecule has 2 aromatic rings. The Kier molecular flexibility index (Phi) is 7.43. The summed E-state index contributed by atoms with van der Waals surface area (Å²) in [7, 11) is 0. The second kappa shape index (κ2) is 9.57. The molecule has 1 unspecified atom stereocenters. The number of rotatable bonds is 6. The molecule has 0 bridgehead atoms. The molecule has 3 N–H and O–H groups in total. The Balaban J connectivity index is 0.00000280. The summed E-state index contributed by atoms with van der Waals surface area (Å²) in [6.07, 6.45) is 0.219. The molecule has 6 nitrogen and oxygen atoms in total. The molecule has 2 aromatic carbocycles. The number of halogens is 1. The Morgan fingerprint density at radius 2 is 1.93 bits per heavy atom. The molecule has 0 spiro atoms. The summed E-state index contributed by atoms with van der Waals surface area (Å²) in [5.41, 5.74) is 9.17. The maximum Gasteiger partial charge on any atom is 0.229 e. The van der Waals surface area contributed by atoms with E-state index in [-0.39, 0.29) is 36.6 Å². The van der Waals surface area contributed by atoms with Gasteiger partial charge in [0.1, 0.15) is 12.4 Å². The van der Waals surface area contributed by atoms with Gasteiger partial charge in [0.2, 0.25) is 11.8 Å². The van der Waals surface area contributed by atoms with Crippen LogP contribution in [0, 0.1) is 19.8 Å². The number of hydrogen-bond donors (Lipinski definition) is 2. The molecule has 0 saturated carbocycles. The second-order valence-electron chi connectivity index (χ2n) is 6.78. The zero-order valence-electron chi connectivity index (χ0n) is 16.1. The fraction of sp³-hybridized carbons (Fsp3) is 0.333. The number of anilines is 2. The fourth-order valence-electron chi connectivity index (χ4n) is 3.20. The zero-order chi connectivity index (χ0) is 19.4. The number of ether oxygens (including phenoxy) is 1. The number of nitrogens with two attached hydrogens (primary N) is 1. The minimum absolute atomic E-state index is 0. The smallest absolute Gasteiger partial charge is 0.229 e. The predicted octanol–water partition coefficient (Wildman–Crippen LogP) is 3.05. The van der Waals surface area contributed by atoms with Crippen LogP contribution in [0.25, 0.3) is 0 Å². The van der Waals surface area contributed by atoms with E-state index >= 15 is 0 Å². The Morgan fingerprint density at radius 3 is 2.61 bits per heavy atom. The molecule has 1 atom stereocenters. The third-order valence-corrected chi connectivity index (χ3v) is 4.87. The van der Waals surface area contributed by atoms with Crippen LogP contribution in [0.3, 0.4) is 0 Å². The first kappa shape index (κ1) is 21.7. The highest BCUT2D eigenvalue weighted by Gasteiger charge is 2.35. The molecular formula is C21H26ClN3O3. The first-order valence-electron chi connectivity index (χ1n) is 9.10. The van der Waals surface area contributed by atoms with E-state index in [1.54, 1.807) is 29.2 Å². The van der Waals surface area contributed by atoms with Crippen molar-refractivity contribution in [2.75, 3.05) is 29.9 Å². The van der Waals surface area contributed by atoms with Gasteiger partial charge in [-0.25, -0.2) is 0 Å². The molecule has 0 aromatic heterocycles. The van der Waals surface area contributed by atoms with Crippen molar-refractivity contribution >= 4 is 35.6 Å². The molecule has 1 fully saturated rings. The number of nitrogens with zero attached hydrogens (tertiary/aromatic N) is 1. The van der Waals surface area contributed by atoms with Crippen LogP contribution >= 0.6 is 12.4 Å². The fourth-order valence-corrected chi connectivity index (χ4v) is 3.20. The van der Waals surface area contributed by atoms with Crippen LogP contribution < -0.4 is 20.7 Å². The summed E-state index contributed by atoms with van der Waals surface area (Å²) in [6, 6.07) is 13.0. The first-order valence-corrected chi connectivity index (χ1v) is 9.10. The minimum Gasteiger partial charge on any atom is -0.492 e. The van der Waals surface area contributed by atoms with Crippen LogP contribution in [-0.4, -0.2) is 31.5 Å². The van der Waals surface area contributed by atoms with Gasteiger partial charge in [-0.3, -0.25) is 9.59 Å². The number of benzene rings is 2. The molecule has 1 aliphatic rings. The topological polar surface area (TPSA) is 84.7 Å². The van der Waals surface area contributed by atoms with Gasteiger partial charge in [-0.2, -0.15) is 0 Å². The first-order chi connectivity index (χ1) is 13.0. The minimum atomic E-state index is -0.370. The number of aryl methyl sites for hydroxylation is 1. The van der Waals surface area contributed by atoms with Crippen molar-refractivity contribution < 1.29 is 14.3 Å². The Bertz CT molecular complexity index is 839. The van der Waals surface area contributed by atoms with Gasteiger partial charge >= 0.3 is 0 Å².